The Labute approximate surface area is 62.5 Å². The van der Waals surface area contributed by atoms with Crippen molar-refractivity contribution < 1.29 is 18.2 Å². The average Bonchev–Trinajstić information content (AvgIpc) is 1.89. The zero-order valence-corrected chi connectivity index (χ0v) is 7.31. The van der Waals surface area contributed by atoms with Crippen LogP contribution in [0.1, 0.15) is 13.3 Å². The fourth-order valence-corrected chi connectivity index (χ4v) is 0.814. The first-order chi connectivity index (χ1) is 4.81. The Morgan fingerprint density at radius 3 is 2.60 bits per heavy atom. The van der Waals surface area contributed by atoms with Crippen LogP contribution in [0.5, 0.6) is 0 Å². The van der Waals surface area contributed by atoms with Crippen LogP contribution in [-0.4, -0.2) is 12.7 Å². The van der Waals surface area contributed by atoms with Crippen molar-refractivity contribution in [2.24, 2.45) is 0 Å². The third kappa shape index (κ3) is 6.24. The van der Waals surface area contributed by atoms with Gasteiger partial charge in [0, 0.05) is 0 Å². The first kappa shape index (κ1) is 10.1. The van der Waals surface area contributed by atoms with Crippen molar-refractivity contribution in [2.45, 2.75) is 19.4 Å². The van der Waals surface area contributed by atoms with Crippen LogP contribution >= 0.6 is 17.4 Å². The molecule has 0 spiro atoms. The molecule has 0 fully saturated rings. The van der Waals surface area contributed by atoms with E-state index in [1.807, 2.05) is 0 Å². The van der Waals surface area contributed by atoms with Gasteiger partial charge in [0.25, 0.3) is 0 Å². The number of hydrogen-bond donors (Lipinski definition) is 0. The molecule has 0 radical (unpaired) electrons. The second-order valence-electron chi connectivity index (χ2n) is 1.69. The summed E-state index contributed by atoms with van der Waals surface area (Å²) in [5.41, 5.74) is 0. The van der Waals surface area contributed by atoms with E-state index in [0.717, 1.165) is 0 Å². The molecule has 58 valence electrons. The Morgan fingerprint density at radius 1 is 1.40 bits per heavy atom. The van der Waals surface area contributed by atoms with Crippen LogP contribution in [0, 0.1) is 0 Å². The van der Waals surface area contributed by atoms with Crippen LogP contribution in [0.2, 0.25) is 0 Å². The minimum absolute atomic E-state index is 0.124. The summed E-state index contributed by atoms with van der Waals surface area (Å²) in [6.45, 7) is 2.11. The lowest BCUT2D eigenvalue weighted by atomic mass is 10.3. The maximum absolute atomic E-state index is 9.82. The van der Waals surface area contributed by atoms with Crippen molar-refractivity contribution in [1.82, 2.24) is 0 Å². The zero-order chi connectivity index (χ0) is 7.82. The number of hydrogen-bond acceptors (Lipinski definition) is 4. The summed E-state index contributed by atoms with van der Waals surface area (Å²) in [7, 11) is -0.652. The van der Waals surface area contributed by atoms with Crippen molar-refractivity contribution in [3.05, 3.63) is 0 Å². The molecule has 0 bridgehead atoms. The third-order valence-corrected chi connectivity index (χ3v) is 1.63. The fourth-order valence-electron chi connectivity index (χ4n) is 0.382. The summed E-state index contributed by atoms with van der Waals surface area (Å²) in [5.74, 6) is 0. The van der Waals surface area contributed by atoms with Gasteiger partial charge in [0.1, 0.15) is 0 Å². The van der Waals surface area contributed by atoms with E-state index in [1.54, 1.807) is 6.92 Å². The van der Waals surface area contributed by atoms with Crippen LogP contribution in [-0.2, 0) is 18.2 Å². The Kier molecular flexibility index (Phi) is 7.32. The van der Waals surface area contributed by atoms with Crippen molar-refractivity contribution in [3.8, 4) is 0 Å². The topological polar surface area (TPSA) is 52.6 Å². The molecule has 0 heterocycles. The second-order valence-corrected chi connectivity index (χ2v) is 2.45. The van der Waals surface area contributed by atoms with Gasteiger partial charge in [0.15, 0.2) is 0 Å². The molecule has 1 atom stereocenters. The molecule has 6 heteroatoms. The predicted molar refractivity (Wildman–Crippen MR) is 36.3 cm³/mol. The van der Waals surface area contributed by atoms with Crippen LogP contribution < -0.4 is 0 Å². The highest BCUT2D eigenvalue weighted by atomic mass is 31.1. The molecule has 0 rings (SSSR count). The van der Waals surface area contributed by atoms with Gasteiger partial charge in [-0.1, -0.05) is 0 Å². The van der Waals surface area contributed by atoms with Gasteiger partial charge in [-0.05, 0) is 13.3 Å². The van der Waals surface area contributed by atoms with Crippen LogP contribution in [0.25, 0.3) is 0 Å². The Balaban J connectivity index is 3.11. The van der Waals surface area contributed by atoms with Crippen molar-refractivity contribution in [1.29, 1.82) is 0 Å². The first-order valence-electron chi connectivity index (χ1n) is 2.74. The average molecular weight is 182 g/mol. The Hall–Kier alpha value is 0.120. The van der Waals surface area contributed by atoms with Gasteiger partial charge < -0.3 is 0 Å². The third-order valence-electron chi connectivity index (χ3n) is 0.891. The normalized spacial score (nSPS) is 14.1. The molecule has 0 aliphatic carbocycles. The Morgan fingerprint density at radius 2 is 2.10 bits per heavy atom. The SMILES string of the molecule is CC(CCOP=O)OP=O. The monoisotopic (exact) mass is 182 g/mol. The molecule has 0 aromatic heterocycles. The maximum atomic E-state index is 9.82. The van der Waals surface area contributed by atoms with Gasteiger partial charge in [0.2, 0.25) is 0 Å². The first-order valence-corrected chi connectivity index (χ1v) is 4.20. The van der Waals surface area contributed by atoms with Gasteiger partial charge in [0.05, 0.1) is 12.7 Å². The standard InChI is InChI=1S/C4H8O4P2/c1-4(8-10-6)2-3-7-9-5/h4H,2-3H2,1H3. The van der Waals surface area contributed by atoms with Gasteiger partial charge in [-0.2, -0.15) is 0 Å². The van der Waals surface area contributed by atoms with Crippen molar-refractivity contribution in [3.63, 3.8) is 0 Å². The van der Waals surface area contributed by atoms with Gasteiger partial charge in [-0.3, -0.25) is 9.05 Å². The van der Waals surface area contributed by atoms with E-state index in [2.05, 4.69) is 9.05 Å². The Bertz CT molecular complexity index is 107. The molecule has 0 aliphatic rings. The highest BCUT2D eigenvalue weighted by Crippen LogP contribution is 2.07. The molecule has 4 nitrogen and oxygen atoms in total. The van der Waals surface area contributed by atoms with E-state index < -0.39 is 0 Å². The lowest BCUT2D eigenvalue weighted by Gasteiger charge is -2.03. The molecule has 10 heavy (non-hydrogen) atoms. The smallest absolute Gasteiger partial charge is 0.294 e. The van der Waals surface area contributed by atoms with Gasteiger partial charge in [-0.25, -0.2) is 9.13 Å². The summed E-state index contributed by atoms with van der Waals surface area (Å²) >= 11 is 0. The molecular weight excluding hydrogens is 174 g/mol. The van der Waals surface area contributed by atoms with E-state index in [0.29, 0.717) is 13.0 Å². The quantitative estimate of drug-likeness (QED) is 0.466. The minimum Gasteiger partial charge on any atom is -0.294 e. The summed E-state index contributed by atoms with van der Waals surface area (Å²) in [5, 5.41) is 0. The van der Waals surface area contributed by atoms with Crippen molar-refractivity contribution in [2.75, 3.05) is 6.61 Å². The lowest BCUT2D eigenvalue weighted by Crippen LogP contribution is -2.03. The molecule has 0 N–H and O–H groups in total. The fraction of sp³-hybridized carbons (Fsp3) is 1.00. The minimum atomic E-state index is -0.327. The maximum Gasteiger partial charge on any atom is 0.327 e. The van der Waals surface area contributed by atoms with Gasteiger partial charge in [-0.15, -0.1) is 0 Å². The lowest BCUT2D eigenvalue weighted by molar-refractivity contribution is 0.199. The second kappa shape index (κ2) is 7.23. The van der Waals surface area contributed by atoms with Crippen LogP contribution in [0.15, 0.2) is 0 Å². The number of rotatable bonds is 6. The van der Waals surface area contributed by atoms with E-state index in [1.165, 1.54) is 0 Å². The molecule has 1 unspecified atom stereocenters. The molecule has 0 saturated heterocycles. The van der Waals surface area contributed by atoms with E-state index in [9.17, 15) is 9.13 Å². The van der Waals surface area contributed by atoms with Crippen LogP contribution in [0.3, 0.4) is 0 Å². The highest BCUT2D eigenvalue weighted by molar-refractivity contribution is 7.17. The molecule has 0 aromatic rings. The summed E-state index contributed by atoms with van der Waals surface area (Å²) in [6.07, 6.45) is 0.464. The van der Waals surface area contributed by atoms with Crippen LogP contribution in [0.4, 0.5) is 0 Å². The summed E-state index contributed by atoms with van der Waals surface area (Å²) < 4.78 is 28.6. The van der Waals surface area contributed by atoms with E-state index in [-0.39, 0.29) is 23.5 Å². The molecule has 0 amide bonds. The molecule has 0 saturated carbocycles. The highest BCUT2D eigenvalue weighted by Gasteiger charge is 2.00. The van der Waals surface area contributed by atoms with E-state index in [4.69, 9.17) is 0 Å². The molecular formula is C4H8O4P2. The summed E-state index contributed by atoms with van der Waals surface area (Å²) in [4.78, 5) is 0. The molecule has 0 aromatic carbocycles. The van der Waals surface area contributed by atoms with Gasteiger partial charge >= 0.3 is 17.4 Å². The van der Waals surface area contributed by atoms with E-state index >= 15 is 0 Å². The molecule has 0 aliphatic heterocycles. The van der Waals surface area contributed by atoms with Crippen molar-refractivity contribution >= 4 is 17.4 Å². The largest absolute Gasteiger partial charge is 0.327 e. The predicted octanol–water partition coefficient (Wildman–Crippen LogP) is 2.21. The summed E-state index contributed by atoms with van der Waals surface area (Å²) in [6, 6.07) is 0. The zero-order valence-electron chi connectivity index (χ0n) is 5.52.